The van der Waals surface area contributed by atoms with Crippen LogP contribution in [-0.2, 0) is 70.4 Å². The maximum absolute atomic E-state index is 14.2. The van der Waals surface area contributed by atoms with E-state index < -0.39 is 177 Å². The van der Waals surface area contributed by atoms with Crippen LogP contribution in [0.1, 0.15) is 70.9 Å². The van der Waals surface area contributed by atoms with Gasteiger partial charge in [0.15, 0.2) is 0 Å². The molecule has 442 valence electrons. The van der Waals surface area contributed by atoms with Crippen LogP contribution in [0.15, 0.2) is 48.5 Å². The normalized spacial score (nSPS) is 14.4. The quantitative estimate of drug-likeness (QED) is 0.0306. The third kappa shape index (κ3) is 24.5. The molecule has 0 aliphatic heterocycles. The smallest absolute Gasteiger partial charge is 0.326 e. The van der Waals surface area contributed by atoms with Gasteiger partial charge in [0.1, 0.15) is 65.9 Å². The average molecular weight is 1130 g/mol. The van der Waals surface area contributed by atoms with Crippen molar-refractivity contribution in [3.8, 4) is 11.5 Å². The highest BCUT2D eigenvalue weighted by atomic mass is 16.4. The molecule has 0 fully saturated rings. The van der Waals surface area contributed by atoms with Crippen molar-refractivity contribution in [2.45, 2.75) is 127 Å². The predicted molar refractivity (Wildman–Crippen MR) is 279 cm³/mol. The lowest BCUT2D eigenvalue weighted by Crippen LogP contribution is -2.61. The molecule has 0 aliphatic carbocycles. The molecule has 0 unspecified atom stereocenters. The fourth-order valence-corrected chi connectivity index (χ4v) is 7.42. The number of carbonyl (C=O) groups is 12. The SMILES string of the molecule is CC(C)C[C@H](NC(=O)[C@H](CO)NC(=O)CNC(=O)[C@H](CC(C)C)NC(=O)[C@H](CCC(=O)O)NC(=O)[C@H](Cc1ccc(O)cc1)NC(=O)[C@H](CO)NC(=O)[C@H](CC(N)=O)NC(=O)[C@H](Cc1ccc(O)cc1)NC(=O)[C@@H](N)CO)C(=O)O. The van der Waals surface area contributed by atoms with Crippen molar-refractivity contribution in [2.75, 3.05) is 26.4 Å². The molecule has 0 spiro atoms. The summed E-state index contributed by atoms with van der Waals surface area (Å²) in [7, 11) is 0. The lowest BCUT2D eigenvalue weighted by Gasteiger charge is -2.27. The van der Waals surface area contributed by atoms with Crippen LogP contribution >= 0.6 is 0 Å². The van der Waals surface area contributed by atoms with Crippen LogP contribution in [0.3, 0.4) is 0 Å². The summed E-state index contributed by atoms with van der Waals surface area (Å²) in [6.07, 6.45) is -3.02. The number of nitrogens with two attached hydrogens (primary N) is 2. The van der Waals surface area contributed by atoms with Gasteiger partial charge in [-0.15, -0.1) is 0 Å². The highest BCUT2D eigenvalue weighted by Crippen LogP contribution is 2.15. The number of aromatic hydroxyl groups is 2. The van der Waals surface area contributed by atoms with E-state index in [-0.39, 0.29) is 48.2 Å². The number of hydrogen-bond donors (Lipinski definition) is 18. The van der Waals surface area contributed by atoms with Crippen molar-refractivity contribution >= 4 is 71.0 Å². The van der Waals surface area contributed by atoms with Crippen molar-refractivity contribution in [3.05, 3.63) is 59.7 Å². The van der Waals surface area contributed by atoms with E-state index in [2.05, 4.69) is 47.9 Å². The van der Waals surface area contributed by atoms with Crippen LogP contribution in [0.5, 0.6) is 11.5 Å². The molecule has 0 aliphatic rings. The molecular weight excluding hydrogens is 1060 g/mol. The van der Waals surface area contributed by atoms with Crippen molar-refractivity contribution in [1.82, 2.24) is 47.9 Å². The summed E-state index contributed by atoms with van der Waals surface area (Å²) in [5.74, 6) is -14.6. The van der Waals surface area contributed by atoms with E-state index in [0.717, 1.165) is 0 Å². The number of primary amides is 1. The van der Waals surface area contributed by atoms with E-state index in [9.17, 15) is 93.3 Å². The summed E-state index contributed by atoms with van der Waals surface area (Å²) in [6.45, 7) is 2.99. The van der Waals surface area contributed by atoms with Crippen LogP contribution < -0.4 is 59.3 Å². The lowest BCUT2D eigenvalue weighted by atomic mass is 10.0. The predicted octanol–water partition coefficient (Wildman–Crippen LogP) is -5.90. The Labute approximate surface area is 458 Å². The van der Waals surface area contributed by atoms with Gasteiger partial charge in [0.2, 0.25) is 59.1 Å². The maximum atomic E-state index is 14.2. The fourth-order valence-electron chi connectivity index (χ4n) is 7.42. The van der Waals surface area contributed by atoms with Crippen molar-refractivity contribution < 1.29 is 93.3 Å². The van der Waals surface area contributed by atoms with Crippen LogP contribution in [0, 0.1) is 11.8 Å². The summed E-state index contributed by atoms with van der Waals surface area (Å²) < 4.78 is 0. The Morgan fingerprint density at radius 2 is 0.838 bits per heavy atom. The van der Waals surface area contributed by atoms with Crippen LogP contribution in [0.4, 0.5) is 0 Å². The molecule has 0 aromatic heterocycles. The third-order valence-corrected chi connectivity index (χ3v) is 11.6. The molecule has 0 saturated carbocycles. The molecule has 20 N–H and O–H groups in total. The molecule has 0 bridgehead atoms. The first-order valence-corrected chi connectivity index (χ1v) is 25.1. The van der Waals surface area contributed by atoms with Crippen LogP contribution in [0.25, 0.3) is 0 Å². The summed E-state index contributed by atoms with van der Waals surface area (Å²) in [6, 6.07) is -4.24. The summed E-state index contributed by atoms with van der Waals surface area (Å²) in [5, 5.41) is 88.7. The van der Waals surface area contributed by atoms with Gasteiger partial charge in [0.25, 0.3) is 0 Å². The standard InChI is InChI=1S/C50H73N11O19/c1-24(2)15-32(43(72)53-20-40(68)54-37(22-63)48(77)60-36(50(79)80)16-25(3)4)57-44(73)31(13-14-41(69)70)55-45(74)34(18-27-7-11-29(66)12-8-27)58-49(78)38(23-64)61-47(76)35(19-39(52)67)59-46(75)33(56-42(71)30(51)21-62)17-26-5-9-28(65)10-6-26/h5-12,24-25,30-38,62-66H,13-23,51H2,1-4H3,(H2,52,67)(H,53,72)(H,54,68)(H,55,74)(H,56,71)(H,57,73)(H,58,78)(H,59,75)(H,60,77)(H,61,76)(H,69,70)(H,79,80)/t30-,31-,32-,33-,34-,35-,36-,37-,38-/m0/s1. The summed E-state index contributed by atoms with van der Waals surface area (Å²) >= 11 is 0. The fraction of sp³-hybridized carbons (Fsp3) is 0.520. The number of phenols is 2. The minimum Gasteiger partial charge on any atom is -0.508 e. The number of carboxylic acid groups (broad SMARTS) is 2. The Kier molecular flexibility index (Phi) is 28.5. The van der Waals surface area contributed by atoms with Crippen molar-refractivity contribution in [2.24, 2.45) is 23.3 Å². The highest BCUT2D eigenvalue weighted by molar-refractivity contribution is 5.99. The van der Waals surface area contributed by atoms with E-state index in [1.807, 2.05) is 0 Å². The van der Waals surface area contributed by atoms with Gasteiger partial charge >= 0.3 is 11.9 Å². The molecule has 10 amide bonds. The molecule has 2 aromatic rings. The molecule has 30 nitrogen and oxygen atoms in total. The minimum atomic E-state index is -1.96. The second kappa shape index (κ2) is 33.7. The first-order valence-electron chi connectivity index (χ1n) is 25.1. The monoisotopic (exact) mass is 1130 g/mol. The van der Waals surface area contributed by atoms with Crippen molar-refractivity contribution in [1.29, 1.82) is 0 Å². The van der Waals surface area contributed by atoms with Gasteiger partial charge in [-0.3, -0.25) is 52.7 Å². The maximum Gasteiger partial charge on any atom is 0.326 e. The number of carboxylic acids is 2. The summed E-state index contributed by atoms with van der Waals surface area (Å²) in [5.41, 5.74) is 11.7. The van der Waals surface area contributed by atoms with Gasteiger partial charge in [-0.25, -0.2) is 4.79 Å². The van der Waals surface area contributed by atoms with E-state index in [1.165, 1.54) is 48.5 Å². The van der Waals surface area contributed by atoms with Crippen LogP contribution in [0.2, 0.25) is 0 Å². The van der Waals surface area contributed by atoms with Gasteiger partial charge in [-0.05, 0) is 66.5 Å². The molecule has 9 atom stereocenters. The number of aliphatic hydroxyl groups excluding tert-OH is 3. The molecular formula is C50H73N11O19. The Hall–Kier alpha value is -8.48. The number of benzene rings is 2. The Morgan fingerprint density at radius 3 is 1.27 bits per heavy atom. The molecule has 0 saturated heterocycles. The van der Waals surface area contributed by atoms with E-state index in [0.29, 0.717) is 5.56 Å². The zero-order valence-electron chi connectivity index (χ0n) is 44.4. The largest absolute Gasteiger partial charge is 0.508 e. The topological polar surface area (TPSA) is 507 Å². The lowest BCUT2D eigenvalue weighted by molar-refractivity contribution is -0.143. The second-order valence-corrected chi connectivity index (χ2v) is 19.4. The van der Waals surface area contributed by atoms with Gasteiger partial charge in [0.05, 0.1) is 32.8 Å². The second-order valence-electron chi connectivity index (χ2n) is 19.4. The number of aliphatic hydroxyl groups is 3. The number of phenolic OH excluding ortho intramolecular Hbond substituents is 2. The highest BCUT2D eigenvalue weighted by Gasteiger charge is 2.35. The van der Waals surface area contributed by atoms with Crippen LogP contribution in [-0.4, -0.2) is 187 Å². The first kappa shape index (κ1) is 67.6. The average Bonchev–Trinajstić information content (AvgIpc) is 3.38. The van der Waals surface area contributed by atoms with Gasteiger partial charge in [-0.1, -0.05) is 52.0 Å². The zero-order chi connectivity index (χ0) is 60.4. The molecule has 30 heteroatoms. The van der Waals surface area contributed by atoms with Gasteiger partial charge < -0.3 is 95.1 Å². The Morgan fingerprint density at radius 1 is 0.463 bits per heavy atom. The molecule has 2 aromatic carbocycles. The number of hydrogen-bond acceptors (Lipinski definition) is 18. The third-order valence-electron chi connectivity index (χ3n) is 11.6. The molecule has 80 heavy (non-hydrogen) atoms. The number of aliphatic carboxylic acids is 2. The Balaban J connectivity index is 2.39. The zero-order valence-corrected chi connectivity index (χ0v) is 44.4. The molecule has 0 radical (unpaired) electrons. The summed E-state index contributed by atoms with van der Waals surface area (Å²) in [4.78, 5) is 157. The van der Waals surface area contributed by atoms with E-state index in [4.69, 9.17) is 11.5 Å². The molecule has 2 rings (SSSR count). The number of amides is 10. The van der Waals surface area contributed by atoms with Gasteiger partial charge in [0, 0.05) is 19.3 Å². The number of carbonyl (C=O) groups excluding carboxylic acids is 10. The number of rotatable bonds is 35. The Bertz CT molecular complexity index is 2480. The first-order chi connectivity index (χ1) is 37.6. The van der Waals surface area contributed by atoms with Crippen molar-refractivity contribution in [3.63, 3.8) is 0 Å². The number of nitrogens with one attached hydrogen (secondary N) is 9. The molecule has 0 heterocycles. The van der Waals surface area contributed by atoms with E-state index in [1.54, 1.807) is 27.7 Å². The van der Waals surface area contributed by atoms with E-state index >= 15 is 0 Å². The van der Waals surface area contributed by atoms with Gasteiger partial charge in [-0.2, -0.15) is 0 Å². The minimum absolute atomic E-state index is 0.0351.